The summed E-state index contributed by atoms with van der Waals surface area (Å²) in [5.41, 5.74) is 4.94. The Balaban J connectivity index is 1.76. The van der Waals surface area contributed by atoms with Crippen LogP contribution in [0.15, 0.2) is 35.4 Å². The Kier molecular flexibility index (Phi) is 5.73. The molecule has 0 saturated carbocycles. The van der Waals surface area contributed by atoms with E-state index in [4.69, 9.17) is 5.11 Å². The van der Waals surface area contributed by atoms with Crippen molar-refractivity contribution in [2.45, 2.75) is 46.2 Å². The minimum Gasteiger partial charge on any atom is -0.396 e. The van der Waals surface area contributed by atoms with Crippen LogP contribution < -0.4 is 10.9 Å². The van der Waals surface area contributed by atoms with Gasteiger partial charge in [0.05, 0.1) is 11.8 Å². The van der Waals surface area contributed by atoms with E-state index in [1.54, 1.807) is 6.33 Å². The van der Waals surface area contributed by atoms with Crippen LogP contribution in [-0.2, 0) is 19.5 Å². The second kappa shape index (κ2) is 8.19. The standard InChI is InChI=1S/C20H26N4O2/c1-3-16-10-15(7-6-14(16)2)12-21-18-11-17-19(20(26)23-18)24(13-22-17)8-4-5-9-25/h6-7,10-11,13,25H,3-5,8-9,12H2,1-2H3,(H2,21,23,26). The van der Waals surface area contributed by atoms with Gasteiger partial charge in [0.1, 0.15) is 11.3 Å². The summed E-state index contributed by atoms with van der Waals surface area (Å²) in [7, 11) is 0. The lowest BCUT2D eigenvalue weighted by Crippen LogP contribution is -2.14. The predicted molar refractivity (Wildman–Crippen MR) is 105 cm³/mol. The van der Waals surface area contributed by atoms with Crippen molar-refractivity contribution in [3.8, 4) is 0 Å². The van der Waals surface area contributed by atoms with Crippen LogP contribution in [-0.4, -0.2) is 26.2 Å². The monoisotopic (exact) mass is 354 g/mol. The van der Waals surface area contributed by atoms with Crippen LogP contribution in [0.1, 0.15) is 36.5 Å². The summed E-state index contributed by atoms with van der Waals surface area (Å²) >= 11 is 0. The fourth-order valence-corrected chi connectivity index (χ4v) is 3.18. The van der Waals surface area contributed by atoms with E-state index in [9.17, 15) is 4.79 Å². The highest BCUT2D eigenvalue weighted by Gasteiger charge is 2.09. The Morgan fingerprint density at radius 1 is 1.27 bits per heavy atom. The molecule has 0 radical (unpaired) electrons. The van der Waals surface area contributed by atoms with Crippen LogP contribution in [0.5, 0.6) is 0 Å². The molecule has 2 heterocycles. The molecule has 0 saturated heterocycles. The number of aryl methyl sites for hydroxylation is 3. The van der Waals surface area contributed by atoms with Crippen LogP contribution in [0.3, 0.4) is 0 Å². The van der Waals surface area contributed by atoms with Crippen molar-refractivity contribution in [1.29, 1.82) is 0 Å². The van der Waals surface area contributed by atoms with Crippen molar-refractivity contribution in [1.82, 2.24) is 14.5 Å². The van der Waals surface area contributed by atoms with Gasteiger partial charge in [0.2, 0.25) is 0 Å². The smallest absolute Gasteiger partial charge is 0.275 e. The number of hydrogen-bond acceptors (Lipinski definition) is 4. The number of fused-ring (bicyclic) bond motifs is 1. The molecule has 0 aliphatic rings. The zero-order valence-electron chi connectivity index (χ0n) is 15.4. The molecule has 3 rings (SSSR count). The first-order chi connectivity index (χ1) is 12.6. The van der Waals surface area contributed by atoms with Gasteiger partial charge < -0.3 is 20.0 Å². The third-order valence-corrected chi connectivity index (χ3v) is 4.69. The highest BCUT2D eigenvalue weighted by Crippen LogP contribution is 2.15. The number of aromatic nitrogens is 3. The fourth-order valence-electron chi connectivity index (χ4n) is 3.18. The number of hydrogen-bond donors (Lipinski definition) is 3. The number of nitrogens with zero attached hydrogens (tertiary/aromatic N) is 2. The average molecular weight is 354 g/mol. The number of benzene rings is 1. The van der Waals surface area contributed by atoms with E-state index in [0.717, 1.165) is 12.8 Å². The number of anilines is 1. The molecule has 0 aliphatic heterocycles. The number of nitrogens with one attached hydrogen (secondary N) is 2. The molecule has 2 aromatic heterocycles. The van der Waals surface area contributed by atoms with E-state index < -0.39 is 0 Å². The fraction of sp³-hybridized carbons (Fsp3) is 0.400. The number of aliphatic hydroxyl groups is 1. The number of aliphatic hydroxyl groups excluding tert-OH is 1. The molecule has 0 fully saturated rings. The summed E-state index contributed by atoms with van der Waals surface area (Å²) in [6.07, 6.45) is 4.23. The maximum Gasteiger partial charge on any atom is 0.275 e. The Labute approximate surface area is 152 Å². The number of imidazole rings is 1. The second-order valence-electron chi connectivity index (χ2n) is 6.58. The van der Waals surface area contributed by atoms with Crippen LogP contribution in [0, 0.1) is 6.92 Å². The number of unbranched alkanes of at least 4 members (excludes halogenated alkanes) is 1. The van der Waals surface area contributed by atoms with Gasteiger partial charge in [-0.1, -0.05) is 25.1 Å². The van der Waals surface area contributed by atoms with Gasteiger partial charge in [-0.3, -0.25) is 4.79 Å². The number of pyridine rings is 1. The molecule has 0 spiro atoms. The quantitative estimate of drug-likeness (QED) is 0.543. The Morgan fingerprint density at radius 2 is 2.12 bits per heavy atom. The van der Waals surface area contributed by atoms with Gasteiger partial charge in [-0.15, -0.1) is 0 Å². The molecule has 0 amide bonds. The predicted octanol–water partition coefficient (Wildman–Crippen LogP) is 2.98. The Morgan fingerprint density at radius 3 is 2.88 bits per heavy atom. The zero-order chi connectivity index (χ0) is 18.5. The maximum atomic E-state index is 12.5. The minimum absolute atomic E-state index is 0.148. The Bertz CT molecular complexity index is 943. The zero-order valence-corrected chi connectivity index (χ0v) is 15.4. The molecule has 0 atom stereocenters. The van der Waals surface area contributed by atoms with Crippen molar-refractivity contribution in [2.75, 3.05) is 11.9 Å². The van der Waals surface area contributed by atoms with Gasteiger partial charge in [0.25, 0.3) is 5.56 Å². The molecule has 26 heavy (non-hydrogen) atoms. The van der Waals surface area contributed by atoms with E-state index in [1.165, 1.54) is 16.7 Å². The van der Waals surface area contributed by atoms with Crippen LogP contribution in [0.2, 0.25) is 0 Å². The van der Waals surface area contributed by atoms with Gasteiger partial charge in [-0.25, -0.2) is 4.98 Å². The van der Waals surface area contributed by atoms with Crippen LogP contribution in [0.4, 0.5) is 5.82 Å². The van der Waals surface area contributed by atoms with Crippen molar-refractivity contribution >= 4 is 16.9 Å². The van der Waals surface area contributed by atoms with Gasteiger partial charge >= 0.3 is 0 Å². The first-order valence-electron chi connectivity index (χ1n) is 9.13. The second-order valence-corrected chi connectivity index (χ2v) is 6.58. The molecule has 138 valence electrons. The highest BCUT2D eigenvalue weighted by molar-refractivity contribution is 5.77. The van der Waals surface area contributed by atoms with E-state index in [0.29, 0.717) is 36.4 Å². The molecule has 3 aromatic rings. The van der Waals surface area contributed by atoms with Gasteiger partial charge in [0, 0.05) is 25.8 Å². The number of rotatable bonds is 8. The summed E-state index contributed by atoms with van der Waals surface area (Å²) in [5.74, 6) is 0.668. The van der Waals surface area contributed by atoms with Gasteiger partial charge in [0.15, 0.2) is 0 Å². The molecule has 3 N–H and O–H groups in total. The minimum atomic E-state index is -0.148. The lowest BCUT2D eigenvalue weighted by Gasteiger charge is -2.10. The van der Waals surface area contributed by atoms with Crippen LogP contribution >= 0.6 is 0 Å². The lowest BCUT2D eigenvalue weighted by molar-refractivity contribution is 0.281. The largest absolute Gasteiger partial charge is 0.396 e. The molecule has 0 aliphatic carbocycles. The molecule has 0 bridgehead atoms. The van der Waals surface area contributed by atoms with E-state index in [2.05, 4.69) is 47.3 Å². The van der Waals surface area contributed by atoms with E-state index >= 15 is 0 Å². The summed E-state index contributed by atoms with van der Waals surface area (Å²) < 4.78 is 1.85. The number of aromatic amines is 1. The molecule has 0 unspecified atom stereocenters. The first kappa shape index (κ1) is 18.2. The van der Waals surface area contributed by atoms with Crippen LogP contribution in [0.25, 0.3) is 11.0 Å². The summed E-state index contributed by atoms with van der Waals surface area (Å²) in [4.78, 5) is 19.7. The topological polar surface area (TPSA) is 82.9 Å². The number of H-pyrrole nitrogens is 1. The summed E-state index contributed by atoms with van der Waals surface area (Å²) in [6.45, 7) is 5.76. The Hall–Kier alpha value is -2.60. The van der Waals surface area contributed by atoms with E-state index in [-0.39, 0.29) is 12.2 Å². The van der Waals surface area contributed by atoms with Gasteiger partial charge in [-0.05, 0) is 42.9 Å². The lowest BCUT2D eigenvalue weighted by atomic mass is 10.0. The third-order valence-electron chi connectivity index (χ3n) is 4.69. The molecular weight excluding hydrogens is 328 g/mol. The molecule has 1 aromatic carbocycles. The van der Waals surface area contributed by atoms with Crippen molar-refractivity contribution in [2.24, 2.45) is 0 Å². The molecular formula is C20H26N4O2. The SMILES string of the molecule is CCc1cc(CNc2cc3ncn(CCCCO)c3c(=O)[nH]2)ccc1C. The summed E-state index contributed by atoms with van der Waals surface area (Å²) in [5, 5.41) is 12.2. The van der Waals surface area contributed by atoms with Crippen molar-refractivity contribution in [3.05, 3.63) is 57.6 Å². The third kappa shape index (κ3) is 3.96. The molecule has 6 heteroatoms. The maximum absolute atomic E-state index is 12.5. The van der Waals surface area contributed by atoms with Crippen molar-refractivity contribution < 1.29 is 5.11 Å². The summed E-state index contributed by atoms with van der Waals surface area (Å²) in [6, 6.07) is 8.31. The van der Waals surface area contributed by atoms with Crippen molar-refractivity contribution in [3.63, 3.8) is 0 Å². The normalized spacial score (nSPS) is 11.2. The van der Waals surface area contributed by atoms with Gasteiger partial charge in [-0.2, -0.15) is 0 Å². The first-order valence-corrected chi connectivity index (χ1v) is 9.13. The molecule has 6 nitrogen and oxygen atoms in total. The average Bonchev–Trinajstić information content (AvgIpc) is 3.05. The van der Waals surface area contributed by atoms with E-state index in [1.807, 2.05) is 10.6 Å². The highest BCUT2D eigenvalue weighted by atomic mass is 16.2.